The van der Waals surface area contributed by atoms with Crippen molar-refractivity contribution in [2.45, 2.75) is 19.3 Å². The molecular weight excluding hydrogens is 318 g/mol. The Morgan fingerprint density at radius 1 is 1.32 bits per heavy atom. The number of hydrogen-bond donors (Lipinski definition) is 1. The average molecular weight is 335 g/mol. The number of rotatable bonds is 3. The third-order valence-corrected chi connectivity index (χ3v) is 7.32. The van der Waals surface area contributed by atoms with E-state index >= 15 is 0 Å². The van der Waals surface area contributed by atoms with E-state index in [0.717, 1.165) is 23.4 Å². The molecule has 2 bridgehead atoms. The van der Waals surface area contributed by atoms with Gasteiger partial charge < -0.3 is 0 Å². The van der Waals surface area contributed by atoms with Crippen molar-refractivity contribution in [3.8, 4) is 0 Å². The van der Waals surface area contributed by atoms with Crippen LogP contribution in [0.25, 0.3) is 0 Å². The van der Waals surface area contributed by atoms with Crippen LogP contribution in [0.3, 0.4) is 0 Å². The van der Waals surface area contributed by atoms with Gasteiger partial charge in [-0.2, -0.15) is 5.01 Å². The van der Waals surface area contributed by atoms with Crippen LogP contribution in [-0.2, 0) is 20.8 Å². The summed E-state index contributed by atoms with van der Waals surface area (Å²) < 4.78 is 0. The number of allylic oxidation sites excluding steroid dienone is 2. The summed E-state index contributed by atoms with van der Waals surface area (Å²) in [5.41, 5.74) is 2.69. The van der Waals surface area contributed by atoms with Crippen LogP contribution in [0.5, 0.6) is 0 Å². The molecule has 1 spiro atoms. The number of hydrogen-bond acceptors (Lipinski definition) is 4. The summed E-state index contributed by atoms with van der Waals surface area (Å²) in [6.07, 6.45) is 9.66. The van der Waals surface area contributed by atoms with Gasteiger partial charge in [0.05, 0.1) is 17.8 Å². The quantitative estimate of drug-likeness (QED) is 0.656. The minimum atomic E-state index is -0.545. The molecule has 5 aliphatic rings. The van der Waals surface area contributed by atoms with Gasteiger partial charge >= 0.3 is 0 Å². The smallest absolute Gasteiger partial charge is 0.256 e. The van der Waals surface area contributed by atoms with Gasteiger partial charge in [-0.3, -0.25) is 24.8 Å². The molecule has 1 aromatic rings. The fraction of sp³-hybridized carbons (Fsp3) is 0.474. The van der Waals surface area contributed by atoms with Crippen molar-refractivity contribution in [1.82, 2.24) is 15.4 Å². The first kappa shape index (κ1) is 13.8. The van der Waals surface area contributed by atoms with E-state index in [4.69, 9.17) is 0 Å². The van der Waals surface area contributed by atoms with E-state index in [0.29, 0.717) is 11.8 Å². The van der Waals surface area contributed by atoms with Crippen LogP contribution in [0, 0.1) is 34.5 Å². The maximum atomic E-state index is 13.2. The minimum Gasteiger partial charge on any atom is -0.273 e. The lowest BCUT2D eigenvalue weighted by molar-refractivity contribution is -0.154. The van der Waals surface area contributed by atoms with Crippen LogP contribution in [0.2, 0.25) is 0 Å². The van der Waals surface area contributed by atoms with Gasteiger partial charge in [-0.25, -0.2) is 0 Å². The first-order valence-electron chi connectivity index (χ1n) is 8.86. The van der Waals surface area contributed by atoms with Gasteiger partial charge in [0, 0.05) is 17.8 Å². The molecule has 1 saturated heterocycles. The highest BCUT2D eigenvalue weighted by atomic mass is 16.2. The molecule has 6 atom stereocenters. The number of fused-ring (bicyclic) bond motifs is 2. The van der Waals surface area contributed by atoms with E-state index in [1.807, 2.05) is 0 Å². The van der Waals surface area contributed by atoms with Gasteiger partial charge in [0.2, 0.25) is 5.91 Å². The lowest BCUT2D eigenvalue weighted by Crippen LogP contribution is -2.52. The Labute approximate surface area is 144 Å². The number of amides is 3. The van der Waals surface area contributed by atoms with Gasteiger partial charge in [-0.05, 0) is 48.3 Å². The second-order valence-corrected chi connectivity index (χ2v) is 8.05. The Hall–Kier alpha value is -2.50. The van der Waals surface area contributed by atoms with Crippen LogP contribution in [0.15, 0.2) is 36.7 Å². The van der Waals surface area contributed by atoms with Crippen LogP contribution >= 0.6 is 0 Å². The fourth-order valence-electron chi connectivity index (χ4n) is 6.54. The largest absolute Gasteiger partial charge is 0.273 e. The summed E-state index contributed by atoms with van der Waals surface area (Å²) in [6, 6.07) is 3.50. The number of piperidine rings is 1. The van der Waals surface area contributed by atoms with Gasteiger partial charge in [-0.1, -0.05) is 12.2 Å². The molecule has 126 valence electrons. The molecule has 4 fully saturated rings. The minimum absolute atomic E-state index is 0.122. The maximum absolute atomic E-state index is 13.2. The second-order valence-electron chi connectivity index (χ2n) is 8.05. The lowest BCUT2D eigenvalue weighted by atomic mass is 9.77. The number of nitrogens with one attached hydrogen (secondary N) is 1. The second kappa shape index (κ2) is 4.00. The van der Waals surface area contributed by atoms with Crippen molar-refractivity contribution in [1.29, 1.82) is 0 Å². The summed E-state index contributed by atoms with van der Waals surface area (Å²) >= 11 is 0. The number of aromatic nitrogens is 1. The van der Waals surface area contributed by atoms with Crippen LogP contribution in [0.1, 0.15) is 18.4 Å². The Bertz CT molecular complexity index is 881. The zero-order valence-electron chi connectivity index (χ0n) is 13.5. The summed E-state index contributed by atoms with van der Waals surface area (Å²) in [6.45, 7) is 0. The molecule has 3 amide bonds. The fourth-order valence-corrected chi connectivity index (χ4v) is 6.54. The maximum Gasteiger partial charge on any atom is 0.256 e. The Balaban J connectivity index is 1.26. The molecule has 25 heavy (non-hydrogen) atoms. The molecule has 1 N–H and O–H groups in total. The van der Waals surface area contributed by atoms with E-state index in [1.165, 1.54) is 0 Å². The highest BCUT2D eigenvalue weighted by Crippen LogP contribution is 2.94. The predicted molar refractivity (Wildman–Crippen MR) is 85.1 cm³/mol. The molecule has 6 nitrogen and oxygen atoms in total. The van der Waals surface area contributed by atoms with Gasteiger partial charge in [-0.15, -0.1) is 0 Å². The van der Waals surface area contributed by atoms with E-state index in [1.54, 1.807) is 24.5 Å². The third-order valence-electron chi connectivity index (χ3n) is 7.32. The van der Waals surface area contributed by atoms with Crippen molar-refractivity contribution in [3.05, 3.63) is 42.2 Å². The molecule has 1 aromatic heterocycles. The number of carbonyl (C=O) groups is 3. The summed E-state index contributed by atoms with van der Waals surface area (Å²) in [5.74, 6) is 0.342. The van der Waals surface area contributed by atoms with Crippen LogP contribution in [0.4, 0.5) is 0 Å². The Morgan fingerprint density at radius 3 is 2.92 bits per heavy atom. The zero-order valence-corrected chi connectivity index (χ0v) is 13.5. The summed E-state index contributed by atoms with van der Waals surface area (Å²) in [7, 11) is 0. The van der Waals surface area contributed by atoms with E-state index in [-0.39, 0.29) is 41.4 Å². The molecule has 4 aliphatic carbocycles. The summed E-state index contributed by atoms with van der Waals surface area (Å²) in [4.78, 5) is 42.3. The molecule has 6 heteroatoms. The van der Waals surface area contributed by atoms with Crippen LogP contribution < -0.4 is 5.43 Å². The normalized spacial score (nSPS) is 44.2. The molecule has 6 rings (SSSR count). The standard InChI is InChI=1S/C19H17N3O3/c23-14(8-10-3-6-20-7-4-10)21-22-16(24)15-18-5-1-2-12(11-9-13(11)18)19(15,18)17(22)25/h1-4,6-7,11-13,15H,5,8-9H2,(H,21,23)/t11?,12?,13?,15-,18?,19-/m0/s1. The molecule has 4 unspecified atom stereocenters. The van der Waals surface area contributed by atoms with Crippen molar-refractivity contribution in [2.75, 3.05) is 0 Å². The van der Waals surface area contributed by atoms with Crippen molar-refractivity contribution in [2.24, 2.45) is 34.5 Å². The highest BCUT2D eigenvalue weighted by molar-refractivity contribution is 6.15. The lowest BCUT2D eigenvalue weighted by Gasteiger charge is -2.30. The molecule has 2 heterocycles. The third kappa shape index (κ3) is 1.29. The van der Waals surface area contributed by atoms with Gasteiger partial charge in [0.25, 0.3) is 11.8 Å². The van der Waals surface area contributed by atoms with Gasteiger partial charge in [0.1, 0.15) is 0 Å². The van der Waals surface area contributed by atoms with Crippen molar-refractivity contribution < 1.29 is 14.4 Å². The SMILES string of the molecule is O=C(Cc1ccncc1)NN1C(=O)[C@H]2C34CC=CC(C5CC53)[C@@]24C1=O. The number of nitrogens with zero attached hydrogens (tertiary/aromatic N) is 2. The molecular formula is C19H17N3O3. The number of carbonyl (C=O) groups excluding carboxylic acids is 3. The Morgan fingerprint density at radius 2 is 2.12 bits per heavy atom. The van der Waals surface area contributed by atoms with Crippen molar-refractivity contribution in [3.63, 3.8) is 0 Å². The highest BCUT2D eigenvalue weighted by Gasteiger charge is 2.98. The molecule has 0 radical (unpaired) electrons. The number of imide groups is 1. The van der Waals surface area contributed by atoms with Gasteiger partial charge in [0.15, 0.2) is 0 Å². The predicted octanol–water partition coefficient (Wildman–Crippen LogP) is 0.853. The molecule has 3 saturated carbocycles. The zero-order chi connectivity index (χ0) is 17.0. The van der Waals surface area contributed by atoms with E-state index < -0.39 is 5.41 Å². The first-order chi connectivity index (χ1) is 12.1. The summed E-state index contributed by atoms with van der Waals surface area (Å²) in [5, 5.41) is 1.02. The number of hydrazine groups is 1. The topological polar surface area (TPSA) is 79.4 Å². The van der Waals surface area contributed by atoms with E-state index in [2.05, 4.69) is 22.6 Å². The molecule has 1 aliphatic heterocycles. The van der Waals surface area contributed by atoms with E-state index in [9.17, 15) is 14.4 Å². The Kier molecular flexibility index (Phi) is 2.20. The molecule has 0 aromatic carbocycles. The monoisotopic (exact) mass is 335 g/mol. The van der Waals surface area contributed by atoms with Crippen LogP contribution in [-0.4, -0.2) is 27.7 Å². The number of pyridine rings is 1. The van der Waals surface area contributed by atoms with Crippen molar-refractivity contribution >= 4 is 17.7 Å². The first-order valence-corrected chi connectivity index (χ1v) is 8.86. The average Bonchev–Trinajstić information content (AvgIpc) is 3.47.